The molecule has 0 saturated carbocycles. The fourth-order valence-electron chi connectivity index (χ4n) is 4.29. The molecule has 3 aromatic rings. The first kappa shape index (κ1) is 24.2. The monoisotopic (exact) mass is 488 g/mol. The molecule has 9 heteroatoms. The van der Waals surface area contributed by atoms with E-state index in [1.807, 2.05) is 45.0 Å². The highest BCUT2D eigenvalue weighted by molar-refractivity contribution is 5.78. The van der Waals surface area contributed by atoms with E-state index in [0.717, 1.165) is 41.4 Å². The van der Waals surface area contributed by atoms with Crippen LogP contribution in [0.5, 0.6) is 5.75 Å². The Morgan fingerprint density at radius 1 is 1.08 bits per heavy atom. The van der Waals surface area contributed by atoms with Crippen LogP contribution >= 0.6 is 0 Å². The smallest absolute Gasteiger partial charge is 0.258 e. The fraction of sp³-hybridized carbons (Fsp3) is 0.370. The van der Waals surface area contributed by atoms with E-state index >= 15 is 0 Å². The van der Waals surface area contributed by atoms with Crippen molar-refractivity contribution in [3.05, 3.63) is 65.4 Å². The lowest BCUT2D eigenvalue weighted by atomic mass is 10.0. The van der Waals surface area contributed by atoms with Crippen molar-refractivity contribution < 1.29 is 14.3 Å². The Kier molecular flexibility index (Phi) is 6.86. The third-order valence-corrected chi connectivity index (χ3v) is 6.02. The van der Waals surface area contributed by atoms with Crippen molar-refractivity contribution in [3.8, 4) is 17.1 Å². The predicted octanol–water partition coefficient (Wildman–Crippen LogP) is 3.40. The van der Waals surface area contributed by atoms with Crippen LogP contribution in [-0.4, -0.2) is 41.1 Å². The van der Waals surface area contributed by atoms with E-state index in [1.54, 1.807) is 0 Å². The lowest BCUT2D eigenvalue weighted by molar-refractivity contribution is -0.124. The summed E-state index contributed by atoms with van der Waals surface area (Å²) >= 11 is 0. The lowest BCUT2D eigenvalue weighted by Gasteiger charge is -2.20. The van der Waals surface area contributed by atoms with Crippen LogP contribution in [0, 0.1) is 0 Å². The summed E-state index contributed by atoms with van der Waals surface area (Å²) in [6.07, 6.45) is 0. The summed E-state index contributed by atoms with van der Waals surface area (Å²) in [6.45, 7) is 8.52. The molecule has 5 rings (SSSR count). The first-order valence-electron chi connectivity index (χ1n) is 12.2. The van der Waals surface area contributed by atoms with Crippen LogP contribution in [0.15, 0.2) is 48.5 Å². The fourth-order valence-corrected chi connectivity index (χ4v) is 4.29. The van der Waals surface area contributed by atoms with Gasteiger partial charge in [-0.2, -0.15) is 0 Å². The first-order valence-corrected chi connectivity index (χ1v) is 12.2. The number of rotatable bonds is 7. The number of hydrogen-bond donors (Lipinski definition) is 4. The molecule has 0 bridgehead atoms. The summed E-state index contributed by atoms with van der Waals surface area (Å²) in [5.74, 6) is 2.19. The van der Waals surface area contributed by atoms with Gasteiger partial charge in [0, 0.05) is 41.4 Å². The Hall–Kier alpha value is -3.53. The minimum absolute atomic E-state index is 0.0601. The number of fused-ring (bicyclic) bond motifs is 1. The molecule has 0 aliphatic carbocycles. The maximum atomic E-state index is 12.1. The Balaban J connectivity index is 1.34. The molecule has 3 heterocycles. The Labute approximate surface area is 211 Å². The van der Waals surface area contributed by atoms with Crippen molar-refractivity contribution in [3.63, 3.8) is 0 Å². The highest BCUT2D eigenvalue weighted by Crippen LogP contribution is 2.31. The second kappa shape index (κ2) is 10.2. The summed E-state index contributed by atoms with van der Waals surface area (Å²) in [7, 11) is 0. The Morgan fingerprint density at radius 2 is 1.86 bits per heavy atom. The summed E-state index contributed by atoms with van der Waals surface area (Å²) in [4.78, 5) is 21.7. The first-order chi connectivity index (χ1) is 17.3. The number of nitrogens with one attached hydrogen (secondary N) is 4. The van der Waals surface area contributed by atoms with Gasteiger partial charge in [-0.15, -0.1) is 0 Å². The van der Waals surface area contributed by atoms with Gasteiger partial charge in [-0.05, 0) is 50.6 Å². The van der Waals surface area contributed by atoms with E-state index in [-0.39, 0.29) is 18.1 Å². The molecule has 188 valence electrons. The highest BCUT2D eigenvalue weighted by atomic mass is 16.5. The zero-order valence-electron chi connectivity index (χ0n) is 20.9. The van der Waals surface area contributed by atoms with E-state index in [2.05, 4.69) is 45.8 Å². The van der Waals surface area contributed by atoms with Gasteiger partial charge in [-0.1, -0.05) is 24.3 Å². The molecule has 2 aliphatic heterocycles. The molecule has 0 unspecified atom stereocenters. The summed E-state index contributed by atoms with van der Waals surface area (Å²) in [6, 6.07) is 15.9. The molecule has 0 spiro atoms. The topological polar surface area (TPSA) is 109 Å². The molecule has 1 fully saturated rings. The number of benzene rings is 2. The van der Waals surface area contributed by atoms with E-state index in [4.69, 9.17) is 19.4 Å². The number of anilines is 2. The molecule has 0 radical (unpaired) electrons. The van der Waals surface area contributed by atoms with Crippen molar-refractivity contribution in [2.75, 3.05) is 25.0 Å². The van der Waals surface area contributed by atoms with Gasteiger partial charge < -0.3 is 20.1 Å². The number of carbonyl (C=O) groups excluding carboxylic acids is 1. The van der Waals surface area contributed by atoms with E-state index in [9.17, 15) is 4.79 Å². The van der Waals surface area contributed by atoms with Gasteiger partial charge in [0.05, 0.1) is 18.9 Å². The number of amides is 1. The molecule has 0 atom stereocenters. The molecule has 2 aliphatic rings. The van der Waals surface area contributed by atoms with Gasteiger partial charge in [-0.3, -0.25) is 15.6 Å². The van der Waals surface area contributed by atoms with Gasteiger partial charge >= 0.3 is 0 Å². The van der Waals surface area contributed by atoms with Crippen LogP contribution in [0.4, 0.5) is 11.5 Å². The number of ether oxygens (including phenoxy) is 2. The second-order valence-electron chi connectivity index (χ2n) is 10.1. The zero-order valence-corrected chi connectivity index (χ0v) is 20.9. The third-order valence-electron chi connectivity index (χ3n) is 6.02. The van der Waals surface area contributed by atoms with Crippen LogP contribution in [0.3, 0.4) is 0 Å². The van der Waals surface area contributed by atoms with Gasteiger partial charge in [0.25, 0.3) is 5.91 Å². The minimum Gasteiger partial charge on any atom is -0.484 e. The lowest BCUT2D eigenvalue weighted by Crippen LogP contribution is -2.43. The second-order valence-corrected chi connectivity index (χ2v) is 10.1. The van der Waals surface area contributed by atoms with E-state index < -0.39 is 0 Å². The van der Waals surface area contributed by atoms with Crippen molar-refractivity contribution in [2.24, 2.45) is 0 Å². The standard InChI is InChI=1S/C27H32N6O3/c1-27(2,3)33-24(34)16-36-21-6-4-5-18(11-21)25-31-23-15-35-14-22(23)26(32-25)30-20-9-7-17(8-10-20)19-12-28-29-13-19/h4-11,19,28-29H,12-16H2,1-3H3,(H,33,34)(H,30,31,32). The summed E-state index contributed by atoms with van der Waals surface area (Å²) in [5.41, 5.74) is 10.9. The third kappa shape index (κ3) is 5.81. The molecule has 36 heavy (non-hydrogen) atoms. The van der Waals surface area contributed by atoms with Crippen molar-refractivity contribution in [1.82, 2.24) is 26.1 Å². The number of hydrogen-bond acceptors (Lipinski definition) is 8. The summed E-state index contributed by atoms with van der Waals surface area (Å²) < 4.78 is 11.4. The maximum absolute atomic E-state index is 12.1. The predicted molar refractivity (Wildman–Crippen MR) is 138 cm³/mol. The molecular formula is C27H32N6O3. The van der Waals surface area contributed by atoms with E-state index in [0.29, 0.717) is 30.7 Å². The Bertz CT molecular complexity index is 1230. The van der Waals surface area contributed by atoms with Crippen LogP contribution < -0.4 is 26.2 Å². The molecule has 1 amide bonds. The molecule has 1 saturated heterocycles. The van der Waals surface area contributed by atoms with Crippen molar-refractivity contribution in [2.45, 2.75) is 45.4 Å². The molecular weight excluding hydrogens is 456 g/mol. The number of carbonyl (C=O) groups is 1. The van der Waals surface area contributed by atoms with Crippen LogP contribution in [-0.2, 0) is 22.7 Å². The van der Waals surface area contributed by atoms with Gasteiger partial charge in [0.15, 0.2) is 12.4 Å². The van der Waals surface area contributed by atoms with Gasteiger partial charge in [0.1, 0.15) is 11.6 Å². The van der Waals surface area contributed by atoms with Gasteiger partial charge in [0.2, 0.25) is 0 Å². The number of aromatic nitrogens is 2. The molecule has 2 aromatic carbocycles. The average Bonchev–Trinajstić information content (AvgIpc) is 3.55. The van der Waals surface area contributed by atoms with Gasteiger partial charge in [-0.25, -0.2) is 9.97 Å². The molecule has 4 N–H and O–H groups in total. The quantitative estimate of drug-likeness (QED) is 0.401. The molecule has 9 nitrogen and oxygen atoms in total. The zero-order chi connectivity index (χ0) is 25.1. The van der Waals surface area contributed by atoms with Crippen LogP contribution in [0.2, 0.25) is 0 Å². The molecule has 1 aromatic heterocycles. The number of nitrogens with zero attached hydrogens (tertiary/aromatic N) is 2. The Morgan fingerprint density at radius 3 is 2.61 bits per heavy atom. The highest BCUT2D eigenvalue weighted by Gasteiger charge is 2.22. The minimum atomic E-state index is -0.308. The largest absolute Gasteiger partial charge is 0.484 e. The summed E-state index contributed by atoms with van der Waals surface area (Å²) in [5, 5.41) is 6.36. The van der Waals surface area contributed by atoms with Crippen LogP contribution in [0.1, 0.15) is 43.5 Å². The van der Waals surface area contributed by atoms with E-state index in [1.165, 1.54) is 5.56 Å². The SMILES string of the molecule is CC(C)(C)NC(=O)COc1cccc(-c2nc3c(c(Nc4ccc(C5CNNC5)cc4)n2)COC3)c1. The maximum Gasteiger partial charge on any atom is 0.258 e. The average molecular weight is 489 g/mol. The van der Waals surface area contributed by atoms with Crippen molar-refractivity contribution >= 4 is 17.4 Å². The normalized spacial score (nSPS) is 15.5. The number of hydrazine groups is 1. The van der Waals surface area contributed by atoms with Crippen molar-refractivity contribution in [1.29, 1.82) is 0 Å². The van der Waals surface area contributed by atoms with Crippen LogP contribution in [0.25, 0.3) is 11.4 Å².